The van der Waals surface area contributed by atoms with Gasteiger partial charge in [0, 0.05) is 6.54 Å². The number of carbonyl (C=O) groups excluding carboxylic acids is 1. The molecule has 0 aromatic heterocycles. The Balaban J connectivity index is 2.22. The third kappa shape index (κ3) is 4.88. The highest BCUT2D eigenvalue weighted by Crippen LogP contribution is 2.09. The second-order valence-electron chi connectivity index (χ2n) is 3.55. The third-order valence-corrected chi connectivity index (χ3v) is 2.40. The lowest BCUT2D eigenvalue weighted by molar-refractivity contribution is -0.172. The lowest BCUT2D eigenvalue weighted by Crippen LogP contribution is -2.23. The number of nitrogens with zero attached hydrogens (tertiary/aromatic N) is 1. The molecule has 1 heterocycles. The topological polar surface area (TPSA) is 29.5 Å². The number of hydroxylamine groups is 2. The Labute approximate surface area is 80.0 Å². The predicted octanol–water partition coefficient (Wildman–Crippen LogP) is 2.12. The van der Waals surface area contributed by atoms with Crippen molar-refractivity contribution >= 4 is 6.41 Å². The molecule has 1 aliphatic heterocycles. The molecule has 0 aromatic carbocycles. The lowest BCUT2D eigenvalue weighted by atomic mass is 10.1. The molecule has 1 saturated heterocycles. The summed E-state index contributed by atoms with van der Waals surface area (Å²) in [4.78, 5) is 15.8. The summed E-state index contributed by atoms with van der Waals surface area (Å²) in [5, 5.41) is 1.44. The van der Waals surface area contributed by atoms with Gasteiger partial charge in [0.05, 0.1) is 6.61 Å². The summed E-state index contributed by atoms with van der Waals surface area (Å²) >= 11 is 0. The van der Waals surface area contributed by atoms with E-state index in [1.807, 2.05) is 0 Å². The normalized spacial score (nSPS) is 22.0. The van der Waals surface area contributed by atoms with E-state index in [0.29, 0.717) is 6.61 Å². The van der Waals surface area contributed by atoms with Gasteiger partial charge in [0.15, 0.2) is 0 Å². The van der Waals surface area contributed by atoms with Gasteiger partial charge in [0.2, 0.25) is 6.41 Å². The van der Waals surface area contributed by atoms with Crippen LogP contribution in [0.1, 0.15) is 44.9 Å². The Morgan fingerprint density at radius 1 is 0.923 bits per heavy atom. The van der Waals surface area contributed by atoms with Crippen LogP contribution in [0.2, 0.25) is 0 Å². The quantitative estimate of drug-likeness (QED) is 0.586. The van der Waals surface area contributed by atoms with Crippen LogP contribution in [0.3, 0.4) is 0 Å². The number of carbonyl (C=O) groups is 1. The molecule has 1 fully saturated rings. The van der Waals surface area contributed by atoms with Gasteiger partial charge in [-0.05, 0) is 12.8 Å². The van der Waals surface area contributed by atoms with Crippen LogP contribution >= 0.6 is 0 Å². The Hall–Kier alpha value is -0.570. The van der Waals surface area contributed by atoms with Gasteiger partial charge in [-0.25, -0.2) is 5.06 Å². The van der Waals surface area contributed by atoms with E-state index in [2.05, 4.69) is 0 Å². The summed E-state index contributed by atoms with van der Waals surface area (Å²) in [6.07, 6.45) is 9.32. The Morgan fingerprint density at radius 3 is 2.23 bits per heavy atom. The molecule has 1 aliphatic rings. The van der Waals surface area contributed by atoms with Crippen molar-refractivity contribution < 1.29 is 9.63 Å². The molecule has 0 bridgehead atoms. The fourth-order valence-corrected chi connectivity index (χ4v) is 1.58. The van der Waals surface area contributed by atoms with Crippen LogP contribution in [0.5, 0.6) is 0 Å². The van der Waals surface area contributed by atoms with E-state index in [-0.39, 0.29) is 0 Å². The van der Waals surface area contributed by atoms with E-state index < -0.39 is 0 Å². The fourth-order valence-electron chi connectivity index (χ4n) is 1.58. The SMILES string of the molecule is O=CN1CCCCCCCCCO1. The van der Waals surface area contributed by atoms with Crippen LogP contribution in [-0.2, 0) is 9.63 Å². The largest absolute Gasteiger partial charge is 0.276 e. The maximum absolute atomic E-state index is 10.5. The van der Waals surface area contributed by atoms with Gasteiger partial charge >= 0.3 is 0 Å². The van der Waals surface area contributed by atoms with Gasteiger partial charge < -0.3 is 0 Å². The molecule has 0 N–H and O–H groups in total. The molecule has 3 nitrogen and oxygen atoms in total. The smallest absolute Gasteiger partial charge is 0.233 e. The lowest BCUT2D eigenvalue weighted by Gasteiger charge is -2.15. The molecule has 0 saturated carbocycles. The van der Waals surface area contributed by atoms with Gasteiger partial charge in [-0.2, -0.15) is 0 Å². The van der Waals surface area contributed by atoms with Crippen molar-refractivity contribution in [1.29, 1.82) is 0 Å². The maximum Gasteiger partial charge on any atom is 0.233 e. The molecule has 0 aromatic rings. The minimum Gasteiger partial charge on any atom is -0.276 e. The number of hydrogen-bond donors (Lipinski definition) is 0. The molecule has 1 rings (SSSR count). The zero-order chi connectivity index (χ0) is 9.36. The first-order valence-electron chi connectivity index (χ1n) is 5.28. The average molecular weight is 185 g/mol. The van der Waals surface area contributed by atoms with Crippen LogP contribution in [0.25, 0.3) is 0 Å². The summed E-state index contributed by atoms with van der Waals surface area (Å²) in [7, 11) is 0. The van der Waals surface area contributed by atoms with Crippen LogP contribution in [0.4, 0.5) is 0 Å². The summed E-state index contributed by atoms with van der Waals surface area (Å²) in [6, 6.07) is 0. The van der Waals surface area contributed by atoms with E-state index in [0.717, 1.165) is 25.8 Å². The van der Waals surface area contributed by atoms with E-state index in [1.165, 1.54) is 37.2 Å². The van der Waals surface area contributed by atoms with Gasteiger partial charge in [-0.15, -0.1) is 0 Å². The number of amides is 1. The Morgan fingerprint density at radius 2 is 1.54 bits per heavy atom. The number of hydrogen-bond acceptors (Lipinski definition) is 2. The van der Waals surface area contributed by atoms with E-state index >= 15 is 0 Å². The average Bonchev–Trinajstić information content (AvgIpc) is 2.22. The van der Waals surface area contributed by atoms with Gasteiger partial charge in [-0.1, -0.05) is 32.1 Å². The van der Waals surface area contributed by atoms with Crippen LogP contribution in [0, 0.1) is 0 Å². The van der Waals surface area contributed by atoms with Gasteiger partial charge in [0.25, 0.3) is 0 Å². The van der Waals surface area contributed by atoms with Crippen molar-refractivity contribution in [2.75, 3.05) is 13.2 Å². The van der Waals surface area contributed by atoms with Gasteiger partial charge in [-0.3, -0.25) is 9.63 Å². The first-order valence-corrected chi connectivity index (χ1v) is 5.28. The monoisotopic (exact) mass is 185 g/mol. The molecule has 0 spiro atoms. The van der Waals surface area contributed by atoms with Crippen LogP contribution in [0.15, 0.2) is 0 Å². The molecule has 76 valence electrons. The fraction of sp³-hybridized carbons (Fsp3) is 0.900. The summed E-state index contributed by atoms with van der Waals surface area (Å²) in [6.45, 7) is 1.45. The summed E-state index contributed by atoms with van der Waals surface area (Å²) in [5.41, 5.74) is 0. The molecule has 0 aliphatic carbocycles. The van der Waals surface area contributed by atoms with Crippen LogP contribution in [-0.4, -0.2) is 24.6 Å². The highest BCUT2D eigenvalue weighted by atomic mass is 16.7. The second-order valence-corrected chi connectivity index (χ2v) is 3.55. The summed E-state index contributed by atoms with van der Waals surface area (Å²) in [5.74, 6) is 0. The standard InChI is InChI=1S/C10H19NO2/c12-10-11-8-6-4-2-1-3-5-7-9-13-11/h10H,1-9H2. The minimum absolute atomic E-state index is 0.693. The predicted molar refractivity (Wildman–Crippen MR) is 51.0 cm³/mol. The molecule has 3 heteroatoms. The maximum atomic E-state index is 10.5. The van der Waals surface area contributed by atoms with Gasteiger partial charge in [0.1, 0.15) is 0 Å². The zero-order valence-corrected chi connectivity index (χ0v) is 8.21. The minimum atomic E-state index is 0.693. The van der Waals surface area contributed by atoms with Crippen molar-refractivity contribution in [1.82, 2.24) is 5.06 Å². The van der Waals surface area contributed by atoms with Crippen molar-refractivity contribution in [3.8, 4) is 0 Å². The van der Waals surface area contributed by atoms with Crippen molar-refractivity contribution in [3.63, 3.8) is 0 Å². The first-order chi connectivity index (χ1) is 6.43. The van der Waals surface area contributed by atoms with Crippen LogP contribution < -0.4 is 0 Å². The molecular formula is C10H19NO2. The molecule has 0 atom stereocenters. The molecule has 13 heavy (non-hydrogen) atoms. The van der Waals surface area contributed by atoms with E-state index in [4.69, 9.17) is 4.84 Å². The highest BCUT2D eigenvalue weighted by Gasteiger charge is 2.03. The molecule has 0 unspecified atom stereocenters. The second kappa shape index (κ2) is 6.89. The summed E-state index contributed by atoms with van der Waals surface area (Å²) < 4.78 is 0. The van der Waals surface area contributed by atoms with E-state index in [9.17, 15) is 4.79 Å². The Kier molecular flexibility index (Phi) is 5.57. The van der Waals surface area contributed by atoms with Crippen molar-refractivity contribution in [3.05, 3.63) is 0 Å². The molecule has 0 radical (unpaired) electrons. The molecular weight excluding hydrogens is 166 g/mol. The van der Waals surface area contributed by atoms with Crippen molar-refractivity contribution in [2.45, 2.75) is 44.9 Å². The molecule has 1 amide bonds. The first kappa shape index (κ1) is 10.5. The Bertz CT molecular complexity index is 127. The number of rotatable bonds is 1. The van der Waals surface area contributed by atoms with E-state index in [1.54, 1.807) is 0 Å². The van der Waals surface area contributed by atoms with Crippen molar-refractivity contribution in [2.24, 2.45) is 0 Å². The zero-order valence-electron chi connectivity index (χ0n) is 8.21. The third-order valence-electron chi connectivity index (χ3n) is 2.40. The highest BCUT2D eigenvalue weighted by molar-refractivity contribution is 5.44.